The van der Waals surface area contributed by atoms with Crippen LogP contribution in [0.25, 0.3) is 0 Å². The molecule has 0 aromatic heterocycles. The van der Waals surface area contributed by atoms with Gasteiger partial charge >= 0.3 is 0 Å². The monoisotopic (exact) mass is 283 g/mol. The topological polar surface area (TPSA) is 21.3 Å². The Hall–Kier alpha value is -0.380. The van der Waals surface area contributed by atoms with Crippen LogP contribution in [0.1, 0.15) is 18.9 Å². The average molecular weight is 284 g/mol. The number of rotatable bonds is 5. The molecule has 2 rings (SSSR count). The summed E-state index contributed by atoms with van der Waals surface area (Å²) in [7, 11) is 0. The van der Waals surface area contributed by atoms with E-state index in [4.69, 9.17) is 4.74 Å². The summed E-state index contributed by atoms with van der Waals surface area (Å²) in [6.07, 6.45) is 1.09. The summed E-state index contributed by atoms with van der Waals surface area (Å²) in [5, 5.41) is 3.38. The number of benzene rings is 1. The van der Waals surface area contributed by atoms with E-state index in [1.807, 2.05) is 6.92 Å². The highest BCUT2D eigenvalue weighted by molar-refractivity contribution is 9.10. The van der Waals surface area contributed by atoms with Gasteiger partial charge in [-0.25, -0.2) is 0 Å². The van der Waals surface area contributed by atoms with Crippen molar-refractivity contribution in [3.8, 4) is 0 Å². The largest absolute Gasteiger partial charge is 0.382 e. The number of hydrogen-bond acceptors (Lipinski definition) is 2. The Morgan fingerprint density at radius 3 is 2.69 bits per heavy atom. The van der Waals surface area contributed by atoms with Crippen LogP contribution in [-0.4, -0.2) is 26.3 Å². The van der Waals surface area contributed by atoms with E-state index in [9.17, 15) is 0 Å². The molecule has 1 saturated heterocycles. The molecule has 0 atom stereocenters. The SMILES string of the molecule is CCOCCC1(c2ccccc2Br)CNC1. The average Bonchev–Trinajstić information content (AvgIpc) is 2.24. The van der Waals surface area contributed by atoms with Gasteiger partial charge in [0.2, 0.25) is 0 Å². The Kier molecular flexibility index (Phi) is 4.00. The second-order valence-electron chi connectivity index (χ2n) is 4.31. The van der Waals surface area contributed by atoms with Gasteiger partial charge in [0.25, 0.3) is 0 Å². The van der Waals surface area contributed by atoms with Gasteiger partial charge in [0.1, 0.15) is 0 Å². The highest BCUT2D eigenvalue weighted by Gasteiger charge is 2.39. The molecule has 88 valence electrons. The normalized spacial score (nSPS) is 18.1. The van der Waals surface area contributed by atoms with E-state index in [1.54, 1.807) is 0 Å². The summed E-state index contributed by atoms with van der Waals surface area (Å²) in [5.41, 5.74) is 1.68. The van der Waals surface area contributed by atoms with Gasteiger partial charge in [-0.2, -0.15) is 0 Å². The first-order valence-corrected chi connectivity index (χ1v) is 6.61. The first-order valence-electron chi connectivity index (χ1n) is 5.82. The molecule has 1 aliphatic heterocycles. The zero-order valence-electron chi connectivity index (χ0n) is 9.63. The van der Waals surface area contributed by atoms with Crippen LogP contribution >= 0.6 is 15.9 Å². The molecular weight excluding hydrogens is 266 g/mol. The zero-order valence-corrected chi connectivity index (χ0v) is 11.2. The van der Waals surface area contributed by atoms with E-state index in [-0.39, 0.29) is 5.41 Å². The van der Waals surface area contributed by atoms with Crippen molar-refractivity contribution in [2.75, 3.05) is 26.3 Å². The highest BCUT2D eigenvalue weighted by Crippen LogP contribution is 2.36. The molecule has 1 aromatic carbocycles. The maximum Gasteiger partial charge on any atom is 0.0475 e. The molecular formula is C13H18BrNO. The minimum absolute atomic E-state index is 0.273. The van der Waals surface area contributed by atoms with E-state index in [2.05, 4.69) is 45.5 Å². The molecule has 0 spiro atoms. The Bertz CT molecular complexity index is 350. The van der Waals surface area contributed by atoms with Crippen LogP contribution in [0.5, 0.6) is 0 Å². The Morgan fingerprint density at radius 2 is 2.12 bits per heavy atom. The summed E-state index contributed by atoms with van der Waals surface area (Å²) in [6.45, 7) is 5.81. The molecule has 1 heterocycles. The predicted molar refractivity (Wildman–Crippen MR) is 69.8 cm³/mol. The third kappa shape index (κ3) is 2.31. The Morgan fingerprint density at radius 1 is 1.38 bits per heavy atom. The van der Waals surface area contributed by atoms with E-state index in [0.29, 0.717) is 0 Å². The zero-order chi connectivity index (χ0) is 11.4. The van der Waals surface area contributed by atoms with Crippen LogP contribution in [0.4, 0.5) is 0 Å². The molecule has 2 nitrogen and oxygen atoms in total. The van der Waals surface area contributed by atoms with Gasteiger partial charge in [-0.05, 0) is 25.0 Å². The lowest BCUT2D eigenvalue weighted by atomic mass is 9.73. The molecule has 0 saturated carbocycles. The van der Waals surface area contributed by atoms with Crippen molar-refractivity contribution in [1.29, 1.82) is 0 Å². The molecule has 1 aliphatic rings. The predicted octanol–water partition coefficient (Wildman–Crippen LogP) is 2.72. The second kappa shape index (κ2) is 5.30. The van der Waals surface area contributed by atoms with Crippen LogP contribution in [0.3, 0.4) is 0 Å². The number of halogens is 1. The van der Waals surface area contributed by atoms with Crippen LogP contribution in [0.2, 0.25) is 0 Å². The Labute approximate surface area is 106 Å². The van der Waals surface area contributed by atoms with Crippen LogP contribution in [0, 0.1) is 0 Å². The maximum atomic E-state index is 5.48. The minimum atomic E-state index is 0.273. The number of nitrogens with one attached hydrogen (secondary N) is 1. The van der Waals surface area contributed by atoms with Crippen molar-refractivity contribution in [1.82, 2.24) is 5.32 Å². The van der Waals surface area contributed by atoms with Gasteiger partial charge in [0, 0.05) is 36.2 Å². The minimum Gasteiger partial charge on any atom is -0.382 e. The fraction of sp³-hybridized carbons (Fsp3) is 0.538. The van der Waals surface area contributed by atoms with Crippen molar-refractivity contribution >= 4 is 15.9 Å². The van der Waals surface area contributed by atoms with Gasteiger partial charge in [0.05, 0.1) is 0 Å². The molecule has 0 amide bonds. The van der Waals surface area contributed by atoms with Crippen molar-refractivity contribution in [3.63, 3.8) is 0 Å². The van der Waals surface area contributed by atoms with Crippen LogP contribution in [0.15, 0.2) is 28.7 Å². The van der Waals surface area contributed by atoms with Crippen LogP contribution < -0.4 is 5.32 Å². The second-order valence-corrected chi connectivity index (χ2v) is 5.16. The third-order valence-electron chi connectivity index (χ3n) is 3.30. The van der Waals surface area contributed by atoms with Crippen molar-refractivity contribution in [3.05, 3.63) is 34.3 Å². The molecule has 0 aliphatic carbocycles. The van der Waals surface area contributed by atoms with Gasteiger partial charge in [0.15, 0.2) is 0 Å². The lowest BCUT2D eigenvalue weighted by Crippen LogP contribution is -2.57. The molecule has 0 radical (unpaired) electrons. The molecule has 1 fully saturated rings. The van der Waals surface area contributed by atoms with E-state index in [0.717, 1.165) is 32.7 Å². The highest BCUT2D eigenvalue weighted by atomic mass is 79.9. The molecule has 1 N–H and O–H groups in total. The van der Waals surface area contributed by atoms with E-state index in [1.165, 1.54) is 10.0 Å². The summed E-state index contributed by atoms with van der Waals surface area (Å²) >= 11 is 3.65. The quantitative estimate of drug-likeness (QED) is 0.839. The number of ether oxygens (including phenoxy) is 1. The molecule has 1 aromatic rings. The Balaban J connectivity index is 2.12. The van der Waals surface area contributed by atoms with E-state index < -0.39 is 0 Å². The molecule has 0 bridgehead atoms. The molecule has 0 unspecified atom stereocenters. The van der Waals surface area contributed by atoms with Crippen molar-refractivity contribution < 1.29 is 4.74 Å². The first kappa shape index (κ1) is 12.1. The summed E-state index contributed by atoms with van der Waals surface area (Å²) in [5.74, 6) is 0. The first-order chi connectivity index (χ1) is 7.78. The van der Waals surface area contributed by atoms with Gasteiger partial charge in [-0.3, -0.25) is 0 Å². The summed E-state index contributed by atoms with van der Waals surface area (Å²) < 4.78 is 6.70. The summed E-state index contributed by atoms with van der Waals surface area (Å²) in [4.78, 5) is 0. The lowest BCUT2D eigenvalue weighted by molar-refractivity contribution is 0.108. The van der Waals surface area contributed by atoms with Gasteiger partial charge < -0.3 is 10.1 Å². The third-order valence-corrected chi connectivity index (χ3v) is 3.99. The molecule has 16 heavy (non-hydrogen) atoms. The van der Waals surface area contributed by atoms with Gasteiger partial charge in [-0.15, -0.1) is 0 Å². The van der Waals surface area contributed by atoms with E-state index >= 15 is 0 Å². The lowest BCUT2D eigenvalue weighted by Gasteiger charge is -2.44. The van der Waals surface area contributed by atoms with Crippen LogP contribution in [-0.2, 0) is 10.2 Å². The summed E-state index contributed by atoms with van der Waals surface area (Å²) in [6, 6.07) is 8.52. The maximum absolute atomic E-state index is 5.48. The molecule has 3 heteroatoms. The fourth-order valence-electron chi connectivity index (χ4n) is 2.23. The van der Waals surface area contributed by atoms with Gasteiger partial charge in [-0.1, -0.05) is 34.1 Å². The fourth-order valence-corrected chi connectivity index (χ4v) is 2.94. The number of hydrogen-bond donors (Lipinski definition) is 1. The van der Waals surface area contributed by atoms with Crippen molar-refractivity contribution in [2.45, 2.75) is 18.8 Å². The smallest absolute Gasteiger partial charge is 0.0475 e. The standard InChI is InChI=1S/C13H18BrNO/c1-2-16-8-7-13(9-15-10-13)11-5-3-4-6-12(11)14/h3-6,15H,2,7-10H2,1H3. The van der Waals surface area contributed by atoms with Crippen molar-refractivity contribution in [2.24, 2.45) is 0 Å².